The normalized spacial score (nSPS) is 13.1. The summed E-state index contributed by atoms with van der Waals surface area (Å²) in [5.74, 6) is 0.810. The van der Waals surface area contributed by atoms with Crippen molar-refractivity contribution in [1.82, 2.24) is 4.98 Å². The summed E-state index contributed by atoms with van der Waals surface area (Å²) in [7, 11) is 0. The van der Waals surface area contributed by atoms with Gasteiger partial charge >= 0.3 is 0 Å². The SMILES string of the molecule is CCc1cc2ccc(C(C)(C#N)CCOc3cccc(C)c3)cc2[nH]c1=O. The van der Waals surface area contributed by atoms with E-state index in [9.17, 15) is 10.1 Å². The summed E-state index contributed by atoms with van der Waals surface area (Å²) in [5.41, 5.74) is 2.79. The molecule has 3 rings (SSSR count). The van der Waals surface area contributed by atoms with E-state index in [4.69, 9.17) is 4.74 Å². The first-order valence-electron chi connectivity index (χ1n) is 9.22. The summed E-state index contributed by atoms with van der Waals surface area (Å²) in [6, 6.07) is 18.1. The molecule has 27 heavy (non-hydrogen) atoms. The summed E-state index contributed by atoms with van der Waals surface area (Å²) >= 11 is 0. The van der Waals surface area contributed by atoms with Crippen molar-refractivity contribution in [3.05, 3.63) is 75.6 Å². The fourth-order valence-electron chi connectivity index (χ4n) is 3.20. The van der Waals surface area contributed by atoms with Gasteiger partial charge in [-0.05, 0) is 61.0 Å². The van der Waals surface area contributed by atoms with Crippen molar-refractivity contribution >= 4 is 10.9 Å². The van der Waals surface area contributed by atoms with Gasteiger partial charge in [-0.15, -0.1) is 0 Å². The zero-order valence-corrected chi connectivity index (χ0v) is 16.0. The van der Waals surface area contributed by atoms with Gasteiger partial charge in [-0.2, -0.15) is 5.26 Å². The number of fused-ring (bicyclic) bond motifs is 1. The number of benzene rings is 2. The molecule has 0 saturated heterocycles. The van der Waals surface area contributed by atoms with Crippen LogP contribution in [0.3, 0.4) is 0 Å². The zero-order valence-electron chi connectivity index (χ0n) is 16.0. The van der Waals surface area contributed by atoms with E-state index in [0.29, 0.717) is 19.4 Å². The fourth-order valence-corrected chi connectivity index (χ4v) is 3.20. The predicted octanol–water partition coefficient (Wildman–Crippen LogP) is 4.65. The highest BCUT2D eigenvalue weighted by molar-refractivity contribution is 5.80. The Morgan fingerprint density at radius 1 is 1.19 bits per heavy atom. The molecular formula is C23H24N2O2. The van der Waals surface area contributed by atoms with E-state index in [1.807, 2.05) is 69.3 Å². The second-order valence-corrected chi connectivity index (χ2v) is 7.14. The average Bonchev–Trinajstić information content (AvgIpc) is 2.67. The van der Waals surface area contributed by atoms with Crippen molar-refractivity contribution in [1.29, 1.82) is 5.26 Å². The van der Waals surface area contributed by atoms with Crippen LogP contribution in [0.15, 0.2) is 53.3 Å². The van der Waals surface area contributed by atoms with Crippen LogP contribution < -0.4 is 10.3 Å². The Bertz CT molecular complexity index is 1060. The van der Waals surface area contributed by atoms with Gasteiger partial charge in [-0.1, -0.05) is 31.2 Å². The van der Waals surface area contributed by atoms with E-state index in [1.54, 1.807) is 0 Å². The van der Waals surface area contributed by atoms with Gasteiger partial charge in [0, 0.05) is 17.5 Å². The lowest BCUT2D eigenvalue weighted by Gasteiger charge is -2.22. The van der Waals surface area contributed by atoms with Crippen LogP contribution in [0, 0.1) is 18.3 Å². The molecule has 2 aromatic carbocycles. The van der Waals surface area contributed by atoms with E-state index < -0.39 is 5.41 Å². The van der Waals surface area contributed by atoms with Crippen LogP contribution in [0.4, 0.5) is 0 Å². The standard InChI is InChI=1S/C23H24N2O2/c1-4-17-13-18-8-9-19(14-21(18)25-22(17)26)23(3,15-24)10-11-27-20-7-5-6-16(2)12-20/h5-9,12-14H,4,10-11H2,1-3H3,(H,25,26). The number of aryl methyl sites for hydroxylation is 2. The Balaban J connectivity index is 1.83. The molecule has 1 unspecified atom stereocenters. The Kier molecular flexibility index (Phi) is 5.32. The molecule has 0 aliphatic rings. The highest BCUT2D eigenvalue weighted by Gasteiger charge is 2.27. The predicted molar refractivity (Wildman–Crippen MR) is 108 cm³/mol. The molecule has 1 N–H and O–H groups in total. The molecule has 0 spiro atoms. The minimum atomic E-state index is -0.696. The van der Waals surface area contributed by atoms with Gasteiger partial charge in [0.1, 0.15) is 5.75 Å². The first-order chi connectivity index (χ1) is 12.9. The van der Waals surface area contributed by atoms with Crippen LogP contribution >= 0.6 is 0 Å². The molecule has 0 amide bonds. The van der Waals surface area contributed by atoms with Gasteiger partial charge in [-0.25, -0.2) is 0 Å². The summed E-state index contributed by atoms with van der Waals surface area (Å²) < 4.78 is 5.83. The van der Waals surface area contributed by atoms with Crippen molar-refractivity contribution in [3.8, 4) is 11.8 Å². The van der Waals surface area contributed by atoms with Crippen molar-refractivity contribution in [2.75, 3.05) is 6.61 Å². The van der Waals surface area contributed by atoms with E-state index in [-0.39, 0.29) is 5.56 Å². The van der Waals surface area contributed by atoms with Crippen LogP contribution in [0.1, 0.15) is 37.0 Å². The number of rotatable bonds is 6. The first kappa shape index (κ1) is 18.7. The second kappa shape index (κ2) is 7.67. The number of nitrogens with one attached hydrogen (secondary N) is 1. The number of ether oxygens (including phenoxy) is 1. The Morgan fingerprint density at radius 2 is 2.00 bits per heavy atom. The van der Waals surface area contributed by atoms with E-state index in [0.717, 1.165) is 33.3 Å². The van der Waals surface area contributed by atoms with Gasteiger partial charge in [-0.3, -0.25) is 4.79 Å². The molecular weight excluding hydrogens is 336 g/mol. The lowest BCUT2D eigenvalue weighted by atomic mass is 9.81. The smallest absolute Gasteiger partial charge is 0.251 e. The molecule has 1 atom stereocenters. The van der Waals surface area contributed by atoms with Crippen LogP contribution in [0.5, 0.6) is 5.75 Å². The van der Waals surface area contributed by atoms with E-state index in [2.05, 4.69) is 11.1 Å². The average molecular weight is 360 g/mol. The summed E-state index contributed by atoms with van der Waals surface area (Å²) in [4.78, 5) is 15.0. The third kappa shape index (κ3) is 4.03. The number of aromatic nitrogens is 1. The molecule has 138 valence electrons. The van der Waals surface area contributed by atoms with Crippen molar-refractivity contribution in [2.24, 2.45) is 0 Å². The topological polar surface area (TPSA) is 65.9 Å². The minimum absolute atomic E-state index is 0.0661. The van der Waals surface area contributed by atoms with Crippen LogP contribution in [0.25, 0.3) is 10.9 Å². The lowest BCUT2D eigenvalue weighted by molar-refractivity contribution is 0.285. The number of hydrogen-bond donors (Lipinski definition) is 1. The van der Waals surface area contributed by atoms with Gasteiger partial charge in [0.15, 0.2) is 0 Å². The number of hydrogen-bond acceptors (Lipinski definition) is 3. The number of aromatic amines is 1. The highest BCUT2D eigenvalue weighted by Crippen LogP contribution is 2.29. The van der Waals surface area contributed by atoms with Crippen molar-refractivity contribution in [3.63, 3.8) is 0 Å². The monoisotopic (exact) mass is 360 g/mol. The highest BCUT2D eigenvalue weighted by atomic mass is 16.5. The van der Waals surface area contributed by atoms with Gasteiger partial charge < -0.3 is 9.72 Å². The van der Waals surface area contributed by atoms with Crippen LogP contribution in [-0.4, -0.2) is 11.6 Å². The number of pyridine rings is 1. The second-order valence-electron chi connectivity index (χ2n) is 7.14. The quantitative estimate of drug-likeness (QED) is 0.696. The molecule has 0 saturated carbocycles. The number of nitrogens with zero attached hydrogens (tertiary/aromatic N) is 1. The fraction of sp³-hybridized carbons (Fsp3) is 0.304. The Morgan fingerprint density at radius 3 is 2.70 bits per heavy atom. The third-order valence-corrected chi connectivity index (χ3v) is 5.05. The minimum Gasteiger partial charge on any atom is -0.494 e. The maximum Gasteiger partial charge on any atom is 0.251 e. The molecule has 0 radical (unpaired) electrons. The van der Waals surface area contributed by atoms with Gasteiger partial charge in [0.25, 0.3) is 5.56 Å². The summed E-state index contributed by atoms with van der Waals surface area (Å²) in [6.45, 7) is 6.33. The number of nitriles is 1. The number of H-pyrrole nitrogens is 1. The molecule has 4 nitrogen and oxygen atoms in total. The third-order valence-electron chi connectivity index (χ3n) is 5.05. The van der Waals surface area contributed by atoms with Crippen molar-refractivity contribution < 1.29 is 4.74 Å². The van der Waals surface area contributed by atoms with Gasteiger partial charge in [0.05, 0.1) is 18.1 Å². The molecule has 0 aliphatic heterocycles. The van der Waals surface area contributed by atoms with Gasteiger partial charge in [0.2, 0.25) is 0 Å². The Hall–Kier alpha value is -3.06. The largest absolute Gasteiger partial charge is 0.494 e. The first-order valence-corrected chi connectivity index (χ1v) is 9.22. The molecule has 4 heteroatoms. The van der Waals surface area contributed by atoms with E-state index >= 15 is 0 Å². The lowest BCUT2D eigenvalue weighted by Crippen LogP contribution is -2.23. The molecule has 1 heterocycles. The molecule has 3 aromatic rings. The molecule has 0 bridgehead atoms. The molecule has 0 fully saturated rings. The molecule has 1 aromatic heterocycles. The molecule has 0 aliphatic carbocycles. The van der Waals surface area contributed by atoms with Crippen LogP contribution in [0.2, 0.25) is 0 Å². The van der Waals surface area contributed by atoms with E-state index in [1.165, 1.54) is 0 Å². The summed E-state index contributed by atoms with van der Waals surface area (Å²) in [5, 5.41) is 10.8. The Labute approximate surface area is 159 Å². The summed E-state index contributed by atoms with van der Waals surface area (Å²) in [6.07, 6.45) is 1.25. The van der Waals surface area contributed by atoms with Crippen molar-refractivity contribution in [2.45, 2.75) is 39.0 Å². The van der Waals surface area contributed by atoms with Crippen LogP contribution in [-0.2, 0) is 11.8 Å². The maximum absolute atomic E-state index is 12.1. The maximum atomic E-state index is 12.1. The zero-order chi connectivity index (χ0) is 19.4.